The molecule has 3 heterocycles. The number of oxazole rings is 1. The Labute approximate surface area is 127 Å². The highest BCUT2D eigenvalue weighted by Crippen LogP contribution is 2.29. The average molecular weight is 306 g/mol. The third-order valence-corrected chi connectivity index (χ3v) is 4.09. The fraction of sp³-hybridized carbons (Fsp3) is 0.533. The molecular formula is C15H18N2O5. The number of ether oxygens (including phenoxy) is 1. The first-order valence-electron chi connectivity index (χ1n) is 7.39. The SMILES string of the molecule is O=C(O)c1ncoc1C1CCCN(C(=O)C2CC=CCO2)C1. The molecule has 1 N–H and O–H groups in total. The van der Waals surface area contributed by atoms with E-state index in [2.05, 4.69) is 4.98 Å². The van der Waals surface area contributed by atoms with Crippen LogP contribution in [0.25, 0.3) is 0 Å². The highest BCUT2D eigenvalue weighted by molar-refractivity contribution is 5.86. The minimum absolute atomic E-state index is 0.0366. The summed E-state index contributed by atoms with van der Waals surface area (Å²) in [4.78, 5) is 29.1. The number of nitrogens with zero attached hydrogens (tertiary/aromatic N) is 2. The van der Waals surface area contributed by atoms with Crippen LogP contribution in [-0.2, 0) is 9.53 Å². The Morgan fingerprint density at radius 2 is 2.23 bits per heavy atom. The maximum atomic E-state index is 12.5. The molecule has 0 aliphatic carbocycles. The summed E-state index contributed by atoms with van der Waals surface area (Å²) >= 11 is 0. The first-order chi connectivity index (χ1) is 10.7. The minimum atomic E-state index is -1.10. The van der Waals surface area contributed by atoms with Gasteiger partial charge in [-0.3, -0.25) is 4.79 Å². The van der Waals surface area contributed by atoms with E-state index in [1.807, 2.05) is 12.2 Å². The monoisotopic (exact) mass is 306 g/mol. The molecule has 1 aromatic rings. The molecule has 7 heteroatoms. The van der Waals surface area contributed by atoms with E-state index in [1.54, 1.807) is 4.90 Å². The van der Waals surface area contributed by atoms with E-state index in [0.29, 0.717) is 31.9 Å². The number of likely N-dealkylation sites (tertiary alicyclic amines) is 1. The van der Waals surface area contributed by atoms with Crippen molar-refractivity contribution < 1.29 is 23.8 Å². The fourth-order valence-electron chi connectivity index (χ4n) is 3.00. The summed E-state index contributed by atoms with van der Waals surface area (Å²) in [7, 11) is 0. The van der Waals surface area contributed by atoms with Gasteiger partial charge in [0.05, 0.1) is 6.61 Å². The van der Waals surface area contributed by atoms with Gasteiger partial charge < -0.3 is 19.2 Å². The number of rotatable bonds is 3. The van der Waals surface area contributed by atoms with Gasteiger partial charge in [-0.1, -0.05) is 12.2 Å². The molecule has 2 aliphatic rings. The lowest BCUT2D eigenvalue weighted by atomic mass is 9.93. The van der Waals surface area contributed by atoms with Crippen LogP contribution in [0.2, 0.25) is 0 Å². The molecule has 2 atom stereocenters. The van der Waals surface area contributed by atoms with Crippen molar-refractivity contribution in [1.82, 2.24) is 9.88 Å². The van der Waals surface area contributed by atoms with Crippen LogP contribution in [0.5, 0.6) is 0 Å². The van der Waals surface area contributed by atoms with E-state index in [0.717, 1.165) is 19.2 Å². The van der Waals surface area contributed by atoms with Gasteiger partial charge in [-0.15, -0.1) is 0 Å². The number of carboxylic acids is 1. The number of aromatic nitrogens is 1. The van der Waals surface area contributed by atoms with Crippen molar-refractivity contribution >= 4 is 11.9 Å². The Balaban J connectivity index is 1.71. The van der Waals surface area contributed by atoms with Crippen LogP contribution >= 0.6 is 0 Å². The van der Waals surface area contributed by atoms with Crippen LogP contribution in [-0.4, -0.2) is 52.7 Å². The first kappa shape index (κ1) is 14.8. The lowest BCUT2D eigenvalue weighted by Crippen LogP contribution is -2.45. The first-order valence-corrected chi connectivity index (χ1v) is 7.39. The van der Waals surface area contributed by atoms with Gasteiger partial charge in [0, 0.05) is 25.4 Å². The summed E-state index contributed by atoms with van der Waals surface area (Å²) in [6.45, 7) is 1.56. The third kappa shape index (κ3) is 2.89. The summed E-state index contributed by atoms with van der Waals surface area (Å²) in [5.41, 5.74) is -0.0591. The highest BCUT2D eigenvalue weighted by Gasteiger charge is 2.33. The molecule has 1 aromatic heterocycles. The van der Waals surface area contributed by atoms with E-state index < -0.39 is 12.1 Å². The Hall–Kier alpha value is -2.15. The van der Waals surface area contributed by atoms with Crippen LogP contribution in [0, 0.1) is 0 Å². The predicted molar refractivity (Wildman–Crippen MR) is 75.5 cm³/mol. The largest absolute Gasteiger partial charge is 0.476 e. The summed E-state index contributed by atoms with van der Waals surface area (Å²) in [5.74, 6) is -0.918. The quantitative estimate of drug-likeness (QED) is 0.849. The summed E-state index contributed by atoms with van der Waals surface area (Å²) in [6.07, 6.45) is 6.74. The summed E-state index contributed by atoms with van der Waals surface area (Å²) in [5, 5.41) is 9.13. The topological polar surface area (TPSA) is 92.9 Å². The molecule has 22 heavy (non-hydrogen) atoms. The van der Waals surface area contributed by atoms with Crippen LogP contribution in [0.4, 0.5) is 0 Å². The molecule has 1 saturated heterocycles. The van der Waals surface area contributed by atoms with E-state index in [1.165, 1.54) is 0 Å². The standard InChI is InChI=1S/C15H18N2O5/c18-14(11-5-1-2-7-21-11)17-6-3-4-10(8-17)13-12(15(19)20)16-9-22-13/h1-2,9-11H,3-8H2,(H,19,20). The summed E-state index contributed by atoms with van der Waals surface area (Å²) < 4.78 is 10.7. The van der Waals surface area contributed by atoms with Crippen molar-refractivity contribution in [3.8, 4) is 0 Å². The number of carboxylic acid groups (broad SMARTS) is 1. The number of carbonyl (C=O) groups excluding carboxylic acids is 1. The van der Waals surface area contributed by atoms with Crippen LogP contribution in [0.1, 0.15) is 41.4 Å². The van der Waals surface area contributed by atoms with E-state index in [4.69, 9.17) is 14.3 Å². The lowest BCUT2D eigenvalue weighted by molar-refractivity contribution is -0.144. The van der Waals surface area contributed by atoms with Crippen molar-refractivity contribution in [2.45, 2.75) is 31.3 Å². The zero-order valence-corrected chi connectivity index (χ0v) is 12.1. The molecule has 1 fully saturated rings. The van der Waals surface area contributed by atoms with Crippen LogP contribution < -0.4 is 0 Å². The number of hydrogen-bond donors (Lipinski definition) is 1. The highest BCUT2D eigenvalue weighted by atomic mass is 16.5. The Morgan fingerprint density at radius 3 is 2.95 bits per heavy atom. The maximum Gasteiger partial charge on any atom is 0.358 e. The third-order valence-electron chi connectivity index (χ3n) is 4.09. The van der Waals surface area contributed by atoms with Gasteiger partial charge in [0.15, 0.2) is 12.1 Å². The molecule has 1 amide bonds. The van der Waals surface area contributed by atoms with Gasteiger partial charge in [0.25, 0.3) is 5.91 Å². The fourth-order valence-corrected chi connectivity index (χ4v) is 3.00. The van der Waals surface area contributed by atoms with Crippen LogP contribution in [0.3, 0.4) is 0 Å². The Kier molecular flexibility index (Phi) is 4.24. The number of aromatic carboxylic acids is 1. The number of hydrogen-bond acceptors (Lipinski definition) is 5. The number of piperidine rings is 1. The zero-order valence-electron chi connectivity index (χ0n) is 12.1. The molecule has 2 unspecified atom stereocenters. The van der Waals surface area contributed by atoms with Crippen molar-refractivity contribution in [3.05, 3.63) is 30.0 Å². The number of amides is 1. The van der Waals surface area contributed by atoms with Gasteiger partial charge in [-0.2, -0.15) is 0 Å². The molecule has 0 aromatic carbocycles. The molecule has 3 rings (SSSR count). The Morgan fingerprint density at radius 1 is 1.36 bits per heavy atom. The molecule has 0 radical (unpaired) electrons. The second-order valence-corrected chi connectivity index (χ2v) is 5.52. The van der Waals surface area contributed by atoms with Gasteiger partial charge in [0.1, 0.15) is 11.9 Å². The van der Waals surface area contributed by atoms with E-state index in [9.17, 15) is 9.59 Å². The lowest BCUT2D eigenvalue weighted by Gasteiger charge is -2.34. The predicted octanol–water partition coefficient (Wildman–Crippen LogP) is 1.42. The van der Waals surface area contributed by atoms with Gasteiger partial charge in [-0.05, 0) is 12.8 Å². The van der Waals surface area contributed by atoms with Crippen molar-refractivity contribution in [1.29, 1.82) is 0 Å². The second-order valence-electron chi connectivity index (χ2n) is 5.52. The smallest absolute Gasteiger partial charge is 0.358 e. The zero-order chi connectivity index (χ0) is 15.5. The van der Waals surface area contributed by atoms with Crippen LogP contribution in [0.15, 0.2) is 23.0 Å². The minimum Gasteiger partial charge on any atom is -0.476 e. The number of carbonyl (C=O) groups is 2. The molecule has 118 valence electrons. The van der Waals surface area contributed by atoms with Gasteiger partial charge in [-0.25, -0.2) is 9.78 Å². The average Bonchev–Trinajstić information content (AvgIpc) is 3.05. The maximum absolute atomic E-state index is 12.5. The second kappa shape index (κ2) is 6.31. The van der Waals surface area contributed by atoms with Crippen molar-refractivity contribution in [3.63, 3.8) is 0 Å². The normalized spacial score (nSPS) is 25.2. The molecule has 0 bridgehead atoms. The van der Waals surface area contributed by atoms with Crippen molar-refractivity contribution in [2.24, 2.45) is 0 Å². The molecular weight excluding hydrogens is 288 g/mol. The van der Waals surface area contributed by atoms with E-state index in [-0.39, 0.29) is 17.5 Å². The van der Waals surface area contributed by atoms with Gasteiger partial charge in [0.2, 0.25) is 0 Å². The Bertz CT molecular complexity index is 595. The molecule has 7 nitrogen and oxygen atoms in total. The van der Waals surface area contributed by atoms with Gasteiger partial charge >= 0.3 is 5.97 Å². The van der Waals surface area contributed by atoms with Crippen molar-refractivity contribution in [2.75, 3.05) is 19.7 Å². The molecule has 0 spiro atoms. The molecule has 2 aliphatic heterocycles. The molecule has 0 saturated carbocycles. The van der Waals surface area contributed by atoms with E-state index >= 15 is 0 Å². The summed E-state index contributed by atoms with van der Waals surface area (Å²) in [6, 6.07) is 0.